The average Bonchev–Trinajstić information content (AvgIpc) is 2.41. The number of methoxy groups -OCH3 is 1. The van der Waals surface area contributed by atoms with Crippen LogP contribution in [-0.2, 0) is 0 Å². The third-order valence-corrected chi connectivity index (χ3v) is 3.77. The summed E-state index contributed by atoms with van der Waals surface area (Å²) in [7, 11) is 1.72. The number of hydrogen-bond donors (Lipinski definition) is 2. The van der Waals surface area contributed by atoms with Crippen LogP contribution in [0.1, 0.15) is 43.7 Å². The van der Waals surface area contributed by atoms with Crippen molar-refractivity contribution in [3.8, 4) is 5.75 Å². The molecule has 3 nitrogen and oxygen atoms in total. The summed E-state index contributed by atoms with van der Waals surface area (Å²) in [4.78, 5) is 0. The molecule has 1 unspecified atom stereocenters. The summed E-state index contributed by atoms with van der Waals surface area (Å²) in [6, 6.07) is 8.37. The zero-order chi connectivity index (χ0) is 12.1. The molecule has 0 spiro atoms. The molecule has 0 saturated heterocycles. The van der Waals surface area contributed by atoms with Crippen molar-refractivity contribution in [2.24, 2.45) is 11.8 Å². The number of rotatable bonds is 4. The van der Waals surface area contributed by atoms with Gasteiger partial charge in [-0.25, -0.2) is 0 Å². The Hall–Kier alpha value is -1.06. The predicted octanol–water partition coefficient (Wildman–Crippen LogP) is 2.78. The van der Waals surface area contributed by atoms with E-state index in [9.17, 15) is 0 Å². The van der Waals surface area contributed by atoms with E-state index in [1.165, 1.54) is 37.7 Å². The molecule has 0 aliphatic heterocycles. The van der Waals surface area contributed by atoms with Crippen LogP contribution < -0.4 is 16.0 Å². The van der Waals surface area contributed by atoms with Crippen molar-refractivity contribution in [2.75, 3.05) is 7.11 Å². The van der Waals surface area contributed by atoms with Crippen LogP contribution in [0.2, 0.25) is 0 Å². The molecular formula is C14H22N2O. The van der Waals surface area contributed by atoms with E-state index in [0.29, 0.717) is 5.92 Å². The molecule has 1 aliphatic rings. The van der Waals surface area contributed by atoms with Crippen molar-refractivity contribution in [2.45, 2.75) is 38.1 Å². The summed E-state index contributed by atoms with van der Waals surface area (Å²) in [5.41, 5.74) is 4.17. The standard InChI is InChI=1S/C14H22N2O/c1-17-13-10-6-5-9-12(13)14(16-15)11-7-3-2-4-8-11/h5-6,9-11,14,16H,2-4,7-8,15H2,1H3. The van der Waals surface area contributed by atoms with Crippen molar-refractivity contribution in [1.82, 2.24) is 5.43 Å². The summed E-state index contributed by atoms with van der Waals surface area (Å²) < 4.78 is 5.42. The van der Waals surface area contributed by atoms with E-state index in [4.69, 9.17) is 10.6 Å². The fraction of sp³-hybridized carbons (Fsp3) is 0.571. The Kier molecular flexibility index (Phi) is 4.40. The molecule has 17 heavy (non-hydrogen) atoms. The molecule has 2 rings (SSSR count). The Balaban J connectivity index is 2.21. The highest BCUT2D eigenvalue weighted by Crippen LogP contribution is 2.37. The Morgan fingerprint density at radius 2 is 1.94 bits per heavy atom. The van der Waals surface area contributed by atoms with E-state index >= 15 is 0 Å². The molecule has 1 atom stereocenters. The fourth-order valence-electron chi connectivity index (χ4n) is 2.87. The van der Waals surface area contributed by atoms with E-state index < -0.39 is 0 Å². The van der Waals surface area contributed by atoms with Crippen LogP contribution in [-0.4, -0.2) is 7.11 Å². The Morgan fingerprint density at radius 1 is 1.24 bits per heavy atom. The fourth-order valence-corrected chi connectivity index (χ4v) is 2.87. The smallest absolute Gasteiger partial charge is 0.123 e. The van der Waals surface area contributed by atoms with Crippen molar-refractivity contribution in [3.05, 3.63) is 29.8 Å². The van der Waals surface area contributed by atoms with Gasteiger partial charge in [0.2, 0.25) is 0 Å². The van der Waals surface area contributed by atoms with Crippen LogP contribution in [0.5, 0.6) is 5.75 Å². The molecule has 0 aromatic heterocycles. The van der Waals surface area contributed by atoms with Gasteiger partial charge in [0.1, 0.15) is 5.75 Å². The number of nitrogens with one attached hydrogen (secondary N) is 1. The maximum Gasteiger partial charge on any atom is 0.123 e. The summed E-state index contributed by atoms with van der Waals surface area (Å²) in [5.74, 6) is 7.31. The zero-order valence-corrected chi connectivity index (χ0v) is 10.5. The lowest BCUT2D eigenvalue weighted by Gasteiger charge is -2.30. The Labute approximate surface area is 103 Å². The van der Waals surface area contributed by atoms with Crippen LogP contribution in [0.3, 0.4) is 0 Å². The number of benzene rings is 1. The van der Waals surface area contributed by atoms with Gasteiger partial charge in [0.25, 0.3) is 0 Å². The summed E-state index contributed by atoms with van der Waals surface area (Å²) >= 11 is 0. The van der Waals surface area contributed by atoms with Gasteiger partial charge in [-0.05, 0) is 24.8 Å². The lowest BCUT2D eigenvalue weighted by atomic mass is 9.81. The molecule has 0 radical (unpaired) electrons. The first-order chi connectivity index (χ1) is 8.36. The number of para-hydroxylation sites is 1. The lowest BCUT2D eigenvalue weighted by molar-refractivity contribution is 0.267. The first-order valence-electron chi connectivity index (χ1n) is 6.46. The molecule has 0 heterocycles. The van der Waals surface area contributed by atoms with E-state index in [1.54, 1.807) is 7.11 Å². The maximum absolute atomic E-state index is 5.75. The van der Waals surface area contributed by atoms with Gasteiger partial charge in [-0.3, -0.25) is 11.3 Å². The average molecular weight is 234 g/mol. The molecule has 1 aromatic rings. The molecule has 3 heteroatoms. The third kappa shape index (κ3) is 2.79. The summed E-state index contributed by atoms with van der Waals surface area (Å²) in [6.07, 6.45) is 6.51. The van der Waals surface area contributed by atoms with Crippen molar-refractivity contribution >= 4 is 0 Å². The third-order valence-electron chi connectivity index (χ3n) is 3.77. The second-order valence-electron chi connectivity index (χ2n) is 4.78. The molecule has 0 bridgehead atoms. The predicted molar refractivity (Wildman–Crippen MR) is 69.6 cm³/mol. The van der Waals surface area contributed by atoms with E-state index in [1.807, 2.05) is 18.2 Å². The van der Waals surface area contributed by atoms with Crippen LogP contribution in [0.15, 0.2) is 24.3 Å². The quantitative estimate of drug-likeness (QED) is 0.622. The first-order valence-corrected chi connectivity index (χ1v) is 6.46. The van der Waals surface area contributed by atoms with Crippen LogP contribution in [0.25, 0.3) is 0 Å². The topological polar surface area (TPSA) is 47.3 Å². The number of nitrogens with two attached hydrogens (primary N) is 1. The van der Waals surface area contributed by atoms with Gasteiger partial charge in [-0.2, -0.15) is 0 Å². The Morgan fingerprint density at radius 3 is 2.59 bits per heavy atom. The van der Waals surface area contributed by atoms with Gasteiger partial charge in [0.15, 0.2) is 0 Å². The minimum absolute atomic E-state index is 0.214. The maximum atomic E-state index is 5.75. The SMILES string of the molecule is COc1ccccc1C(NN)C1CCCCC1. The van der Waals surface area contributed by atoms with E-state index in [-0.39, 0.29) is 6.04 Å². The van der Waals surface area contributed by atoms with Crippen molar-refractivity contribution in [3.63, 3.8) is 0 Å². The number of hydrogen-bond acceptors (Lipinski definition) is 3. The van der Waals surface area contributed by atoms with Crippen LogP contribution in [0.4, 0.5) is 0 Å². The molecule has 94 valence electrons. The number of hydrazine groups is 1. The molecule has 1 fully saturated rings. The highest BCUT2D eigenvalue weighted by molar-refractivity contribution is 5.36. The van der Waals surface area contributed by atoms with Crippen molar-refractivity contribution < 1.29 is 4.74 Å². The largest absolute Gasteiger partial charge is 0.496 e. The molecular weight excluding hydrogens is 212 g/mol. The first kappa shape index (κ1) is 12.4. The monoisotopic (exact) mass is 234 g/mol. The lowest BCUT2D eigenvalue weighted by Crippen LogP contribution is -2.34. The molecule has 1 aromatic carbocycles. The summed E-state index contributed by atoms with van der Waals surface area (Å²) in [6.45, 7) is 0. The number of ether oxygens (including phenoxy) is 1. The van der Waals surface area contributed by atoms with Gasteiger partial charge in [-0.15, -0.1) is 0 Å². The van der Waals surface area contributed by atoms with E-state index in [0.717, 1.165) is 5.75 Å². The zero-order valence-electron chi connectivity index (χ0n) is 10.5. The minimum atomic E-state index is 0.214. The molecule has 1 saturated carbocycles. The highest BCUT2D eigenvalue weighted by Gasteiger charge is 2.26. The second-order valence-corrected chi connectivity index (χ2v) is 4.78. The summed E-state index contributed by atoms with van der Waals surface area (Å²) in [5, 5.41) is 0. The Bertz CT molecular complexity index is 348. The van der Waals surface area contributed by atoms with Gasteiger partial charge in [0, 0.05) is 5.56 Å². The van der Waals surface area contributed by atoms with Gasteiger partial charge < -0.3 is 4.74 Å². The second kappa shape index (κ2) is 6.03. The molecule has 1 aliphatic carbocycles. The van der Waals surface area contributed by atoms with Gasteiger partial charge in [0.05, 0.1) is 13.2 Å². The highest BCUT2D eigenvalue weighted by atomic mass is 16.5. The molecule has 0 amide bonds. The van der Waals surface area contributed by atoms with E-state index in [2.05, 4.69) is 11.5 Å². The normalized spacial score (nSPS) is 18.9. The minimum Gasteiger partial charge on any atom is -0.496 e. The van der Waals surface area contributed by atoms with Crippen molar-refractivity contribution in [1.29, 1.82) is 0 Å². The van der Waals surface area contributed by atoms with Crippen LogP contribution in [0, 0.1) is 5.92 Å². The molecule has 3 N–H and O–H groups in total. The van der Waals surface area contributed by atoms with Gasteiger partial charge in [-0.1, -0.05) is 37.5 Å². The van der Waals surface area contributed by atoms with Crippen LogP contribution >= 0.6 is 0 Å². The van der Waals surface area contributed by atoms with Gasteiger partial charge >= 0.3 is 0 Å².